The summed E-state index contributed by atoms with van der Waals surface area (Å²) in [7, 11) is 0. The molecule has 0 unspecified atom stereocenters. The van der Waals surface area contributed by atoms with Gasteiger partial charge in [0.05, 0.1) is 11.2 Å². The van der Waals surface area contributed by atoms with E-state index in [1.165, 1.54) is 0 Å². The number of benzene rings is 1. The van der Waals surface area contributed by atoms with Gasteiger partial charge in [-0.1, -0.05) is 32.9 Å². The zero-order valence-electron chi connectivity index (χ0n) is 13.8. The molecule has 2 aromatic rings. The third-order valence-electron chi connectivity index (χ3n) is 3.32. The molecular weight excluding hydrogens is 324 g/mol. The van der Waals surface area contributed by atoms with Crippen LogP contribution >= 0.6 is 11.3 Å². The van der Waals surface area contributed by atoms with Crippen molar-refractivity contribution in [2.24, 2.45) is 10.4 Å². The Morgan fingerprint density at radius 1 is 1.25 bits per heavy atom. The number of aromatic nitrogens is 1. The van der Waals surface area contributed by atoms with Gasteiger partial charge in [0.1, 0.15) is 12.4 Å². The van der Waals surface area contributed by atoms with E-state index in [-0.39, 0.29) is 5.41 Å². The van der Waals surface area contributed by atoms with Gasteiger partial charge in [-0.05, 0) is 23.8 Å². The number of ether oxygens (including phenoxy) is 2. The third kappa shape index (κ3) is 3.89. The van der Waals surface area contributed by atoms with Gasteiger partial charge in [-0.25, -0.2) is 14.8 Å². The first-order valence-corrected chi connectivity index (χ1v) is 8.49. The highest BCUT2D eigenvalue weighted by atomic mass is 32.1. The van der Waals surface area contributed by atoms with Gasteiger partial charge >= 0.3 is 5.97 Å². The van der Waals surface area contributed by atoms with E-state index < -0.39 is 5.97 Å². The molecule has 2 heterocycles. The van der Waals surface area contributed by atoms with Crippen molar-refractivity contribution in [3.8, 4) is 5.75 Å². The number of hydrogen-bond acceptors (Lipinski definition) is 6. The van der Waals surface area contributed by atoms with E-state index >= 15 is 0 Å². The third-order valence-corrected chi connectivity index (χ3v) is 3.95. The van der Waals surface area contributed by atoms with E-state index in [1.807, 2.05) is 50.4 Å². The molecule has 0 aliphatic carbocycles. The van der Waals surface area contributed by atoms with E-state index in [1.54, 1.807) is 22.9 Å². The molecule has 0 atom stereocenters. The molecule has 1 aromatic carbocycles. The Morgan fingerprint density at radius 3 is 2.58 bits per heavy atom. The minimum Gasteiger partial charge on any atom is -0.487 e. The number of aliphatic imine (C=N–C) groups is 1. The molecular formula is C18H18N2O3S. The molecule has 24 heavy (non-hydrogen) atoms. The van der Waals surface area contributed by atoms with Crippen LogP contribution in [0, 0.1) is 5.41 Å². The summed E-state index contributed by atoms with van der Waals surface area (Å²) in [6.07, 6.45) is 1.71. The Bertz CT molecular complexity index is 785. The van der Waals surface area contributed by atoms with Crippen LogP contribution in [0.2, 0.25) is 0 Å². The number of cyclic esters (lactones) is 1. The topological polar surface area (TPSA) is 60.8 Å². The normalized spacial score (nSPS) is 16.2. The number of hydrogen-bond donors (Lipinski definition) is 0. The van der Waals surface area contributed by atoms with Crippen LogP contribution in [0.1, 0.15) is 32.0 Å². The lowest BCUT2D eigenvalue weighted by molar-refractivity contribution is -0.130. The number of rotatable bonds is 4. The smallest absolute Gasteiger partial charge is 0.363 e. The first-order valence-electron chi connectivity index (χ1n) is 7.55. The fourth-order valence-electron chi connectivity index (χ4n) is 2.01. The molecule has 3 rings (SSSR count). The standard InChI is InChI=1S/C18H18N2O3S/c1-18(2,3)17-20-15(16(21)23-17)8-12-4-6-14(7-5-12)22-9-13-10-24-11-19-13/h4-8,10-11H,9H2,1-3H3/b15-8-. The molecule has 1 aromatic heterocycles. The molecule has 0 amide bonds. The highest BCUT2D eigenvalue weighted by Gasteiger charge is 2.31. The maximum absolute atomic E-state index is 11.9. The van der Waals surface area contributed by atoms with Crippen molar-refractivity contribution in [3.05, 3.63) is 52.1 Å². The van der Waals surface area contributed by atoms with Crippen LogP contribution in [-0.2, 0) is 16.1 Å². The Balaban J connectivity index is 1.69. The molecule has 0 N–H and O–H groups in total. The lowest BCUT2D eigenvalue weighted by Crippen LogP contribution is -2.21. The molecule has 0 saturated carbocycles. The summed E-state index contributed by atoms with van der Waals surface area (Å²) >= 11 is 1.54. The summed E-state index contributed by atoms with van der Waals surface area (Å²) < 4.78 is 10.9. The highest BCUT2D eigenvalue weighted by Crippen LogP contribution is 2.26. The van der Waals surface area contributed by atoms with Crippen molar-refractivity contribution < 1.29 is 14.3 Å². The molecule has 0 fully saturated rings. The second-order valence-corrected chi connectivity index (χ2v) is 7.14. The summed E-state index contributed by atoms with van der Waals surface area (Å²) in [5, 5.41) is 1.95. The fraction of sp³-hybridized carbons (Fsp3) is 0.278. The van der Waals surface area contributed by atoms with Crippen LogP contribution < -0.4 is 4.74 Å². The summed E-state index contributed by atoms with van der Waals surface area (Å²) in [6, 6.07) is 7.46. The van der Waals surface area contributed by atoms with E-state index in [2.05, 4.69) is 9.98 Å². The number of carbonyl (C=O) groups excluding carboxylic acids is 1. The number of esters is 1. The zero-order valence-corrected chi connectivity index (χ0v) is 14.6. The quantitative estimate of drug-likeness (QED) is 0.621. The molecule has 0 spiro atoms. The Morgan fingerprint density at radius 2 is 2.00 bits per heavy atom. The van der Waals surface area contributed by atoms with Crippen molar-refractivity contribution >= 4 is 29.3 Å². The van der Waals surface area contributed by atoms with Crippen molar-refractivity contribution in [1.29, 1.82) is 0 Å². The van der Waals surface area contributed by atoms with Gasteiger partial charge in [0, 0.05) is 10.8 Å². The molecule has 1 aliphatic rings. The van der Waals surface area contributed by atoms with Crippen LogP contribution in [0.5, 0.6) is 5.75 Å². The van der Waals surface area contributed by atoms with Crippen LogP contribution in [0.15, 0.2) is 45.8 Å². The molecule has 0 radical (unpaired) electrons. The molecule has 6 heteroatoms. The number of carbonyl (C=O) groups is 1. The van der Waals surface area contributed by atoms with E-state index in [0.717, 1.165) is 17.0 Å². The maximum atomic E-state index is 11.9. The molecule has 0 saturated heterocycles. The van der Waals surface area contributed by atoms with Gasteiger partial charge in [-0.2, -0.15) is 0 Å². The molecule has 5 nitrogen and oxygen atoms in total. The largest absolute Gasteiger partial charge is 0.487 e. The molecule has 1 aliphatic heterocycles. The second-order valence-electron chi connectivity index (χ2n) is 6.42. The fourth-order valence-corrected chi connectivity index (χ4v) is 2.56. The van der Waals surface area contributed by atoms with E-state index in [4.69, 9.17) is 9.47 Å². The van der Waals surface area contributed by atoms with Gasteiger partial charge < -0.3 is 9.47 Å². The predicted molar refractivity (Wildman–Crippen MR) is 93.8 cm³/mol. The lowest BCUT2D eigenvalue weighted by atomic mass is 9.97. The van der Waals surface area contributed by atoms with Gasteiger partial charge in [-0.3, -0.25) is 0 Å². The average Bonchev–Trinajstić information content (AvgIpc) is 3.17. The van der Waals surface area contributed by atoms with Gasteiger partial charge in [0.25, 0.3) is 0 Å². The van der Waals surface area contributed by atoms with Crippen molar-refractivity contribution in [2.75, 3.05) is 0 Å². The molecule has 124 valence electrons. The molecule has 0 bridgehead atoms. The van der Waals surface area contributed by atoms with Crippen molar-refractivity contribution in [2.45, 2.75) is 27.4 Å². The van der Waals surface area contributed by atoms with Crippen LogP contribution in [0.25, 0.3) is 6.08 Å². The summed E-state index contributed by atoms with van der Waals surface area (Å²) in [6.45, 7) is 6.30. The van der Waals surface area contributed by atoms with Gasteiger partial charge in [0.15, 0.2) is 5.70 Å². The lowest BCUT2D eigenvalue weighted by Gasteiger charge is -2.15. The number of nitrogens with zero attached hydrogens (tertiary/aromatic N) is 2. The van der Waals surface area contributed by atoms with Gasteiger partial charge in [0.2, 0.25) is 5.90 Å². The van der Waals surface area contributed by atoms with Gasteiger partial charge in [-0.15, -0.1) is 11.3 Å². The Labute approximate surface area is 144 Å². The predicted octanol–water partition coefficient (Wildman–Crippen LogP) is 4.06. The van der Waals surface area contributed by atoms with Crippen LogP contribution in [0.4, 0.5) is 0 Å². The second kappa shape index (κ2) is 6.57. The summed E-state index contributed by atoms with van der Waals surface area (Å²) in [5.74, 6) is 0.781. The Kier molecular flexibility index (Phi) is 4.49. The number of thiazole rings is 1. The monoisotopic (exact) mass is 342 g/mol. The van der Waals surface area contributed by atoms with Crippen molar-refractivity contribution in [1.82, 2.24) is 4.98 Å². The van der Waals surface area contributed by atoms with E-state index in [0.29, 0.717) is 18.2 Å². The minimum absolute atomic E-state index is 0.293. The first-order chi connectivity index (χ1) is 11.4. The SMILES string of the molecule is CC(C)(C)C1=N/C(=C\c2ccc(OCc3cscn3)cc2)C(=O)O1. The minimum atomic E-state index is -0.413. The summed E-state index contributed by atoms with van der Waals surface area (Å²) in [4.78, 5) is 20.4. The van der Waals surface area contributed by atoms with Crippen LogP contribution in [0.3, 0.4) is 0 Å². The Hall–Kier alpha value is -2.47. The van der Waals surface area contributed by atoms with E-state index in [9.17, 15) is 4.79 Å². The van der Waals surface area contributed by atoms with Crippen molar-refractivity contribution in [3.63, 3.8) is 0 Å². The highest BCUT2D eigenvalue weighted by molar-refractivity contribution is 7.07. The first kappa shape index (κ1) is 16.4. The maximum Gasteiger partial charge on any atom is 0.363 e. The zero-order chi connectivity index (χ0) is 17.2. The van der Waals surface area contributed by atoms with Crippen LogP contribution in [-0.4, -0.2) is 16.9 Å². The summed E-state index contributed by atoms with van der Waals surface area (Å²) in [5.41, 5.74) is 3.57. The average molecular weight is 342 g/mol.